The number of hydrogen-bond acceptors (Lipinski definition) is 8. The van der Waals surface area contributed by atoms with Gasteiger partial charge in [-0.25, -0.2) is 0 Å². The van der Waals surface area contributed by atoms with Crippen LogP contribution in [0.4, 0.5) is 0 Å². The number of fused-ring (bicyclic) bond motifs is 3. The van der Waals surface area contributed by atoms with Gasteiger partial charge >= 0.3 is 0 Å². The Labute approximate surface area is 184 Å². The van der Waals surface area contributed by atoms with Gasteiger partial charge in [-0.2, -0.15) is 0 Å². The number of carbonyl (C=O) groups is 5. The van der Waals surface area contributed by atoms with Gasteiger partial charge in [0.25, 0.3) is 0 Å². The first-order chi connectivity index (χ1) is 15.0. The summed E-state index contributed by atoms with van der Waals surface area (Å²) in [5, 5.41) is 21.8. The van der Waals surface area contributed by atoms with Crippen molar-refractivity contribution in [1.29, 1.82) is 0 Å². The van der Waals surface area contributed by atoms with Gasteiger partial charge in [0.05, 0.1) is 17.5 Å². The van der Waals surface area contributed by atoms with Crippen molar-refractivity contribution in [3.63, 3.8) is 0 Å². The zero-order chi connectivity index (χ0) is 23.7. The minimum Gasteiger partial charge on any atom is -0.507 e. The lowest BCUT2D eigenvalue weighted by molar-refractivity contribution is -0.181. The molecule has 0 heterocycles. The minimum absolute atomic E-state index is 0.0379. The van der Waals surface area contributed by atoms with Crippen molar-refractivity contribution < 1.29 is 34.2 Å². The van der Waals surface area contributed by atoms with E-state index in [4.69, 9.17) is 5.73 Å². The van der Waals surface area contributed by atoms with Gasteiger partial charge in [-0.3, -0.25) is 28.9 Å². The molecule has 2 saturated carbocycles. The van der Waals surface area contributed by atoms with Crippen LogP contribution in [0.2, 0.25) is 0 Å². The van der Waals surface area contributed by atoms with Gasteiger partial charge in [-0.05, 0) is 56.5 Å². The average molecular weight is 442 g/mol. The highest BCUT2D eigenvalue weighted by atomic mass is 16.3. The molecule has 3 aliphatic rings. The molecule has 32 heavy (non-hydrogen) atoms. The molecule has 4 N–H and O–H groups in total. The summed E-state index contributed by atoms with van der Waals surface area (Å²) < 4.78 is 0. The van der Waals surface area contributed by atoms with E-state index in [-0.39, 0.29) is 17.7 Å². The van der Waals surface area contributed by atoms with Crippen molar-refractivity contribution in [3.05, 3.63) is 28.8 Å². The highest BCUT2D eigenvalue weighted by molar-refractivity contribution is 6.32. The molecule has 1 aromatic rings. The molecular formula is C23H26N2O7. The van der Waals surface area contributed by atoms with Crippen LogP contribution in [0.15, 0.2) is 12.1 Å². The molecule has 0 bridgehead atoms. The number of nitrogens with two attached hydrogens (primary N) is 1. The smallest absolute Gasteiger partial charge is 0.235 e. The van der Waals surface area contributed by atoms with Crippen LogP contribution in [0.5, 0.6) is 5.75 Å². The molecule has 9 heteroatoms. The van der Waals surface area contributed by atoms with Crippen LogP contribution >= 0.6 is 0 Å². The maximum absolute atomic E-state index is 13.6. The van der Waals surface area contributed by atoms with Crippen molar-refractivity contribution in [2.24, 2.45) is 29.4 Å². The Kier molecular flexibility index (Phi) is 5.09. The number of amides is 1. The number of carbonyl (C=O) groups excluding carboxylic acids is 5. The maximum Gasteiger partial charge on any atom is 0.235 e. The number of benzene rings is 1. The third kappa shape index (κ3) is 2.74. The molecule has 0 aromatic heterocycles. The van der Waals surface area contributed by atoms with Crippen LogP contribution < -0.4 is 5.73 Å². The molecule has 2 unspecified atom stereocenters. The van der Waals surface area contributed by atoms with Crippen LogP contribution in [0.25, 0.3) is 0 Å². The molecule has 0 spiro atoms. The third-order valence-corrected chi connectivity index (χ3v) is 7.42. The second-order valence-corrected chi connectivity index (χ2v) is 9.24. The number of primary amides is 1. The molecule has 9 nitrogen and oxygen atoms in total. The highest BCUT2D eigenvalue weighted by Gasteiger charge is 2.69. The van der Waals surface area contributed by atoms with Gasteiger partial charge in [0.15, 0.2) is 34.7 Å². The van der Waals surface area contributed by atoms with Crippen LogP contribution in [-0.2, 0) is 32.0 Å². The molecule has 2 fully saturated rings. The number of aliphatic hydroxyl groups is 1. The van der Waals surface area contributed by atoms with Crippen LogP contribution in [0.3, 0.4) is 0 Å². The average Bonchev–Trinajstić information content (AvgIpc) is 2.70. The number of phenolic OH excluding ortho intramolecular Hbond substituents is 1. The Balaban J connectivity index is 1.88. The first-order valence-electron chi connectivity index (χ1n) is 10.6. The topological polar surface area (TPSA) is 155 Å². The number of phenols is 1. The second kappa shape index (κ2) is 7.31. The number of aromatic hydroxyl groups is 1. The van der Waals surface area contributed by atoms with Gasteiger partial charge < -0.3 is 15.9 Å². The summed E-state index contributed by atoms with van der Waals surface area (Å²) in [4.78, 5) is 66.5. The van der Waals surface area contributed by atoms with Gasteiger partial charge in [-0.15, -0.1) is 0 Å². The Morgan fingerprint density at radius 2 is 1.84 bits per heavy atom. The summed E-state index contributed by atoms with van der Waals surface area (Å²) in [5.74, 6) is -10.1. The van der Waals surface area contributed by atoms with E-state index in [2.05, 4.69) is 0 Å². The van der Waals surface area contributed by atoms with E-state index < -0.39 is 64.4 Å². The summed E-state index contributed by atoms with van der Waals surface area (Å²) in [5.41, 5.74) is 4.16. The van der Waals surface area contributed by atoms with Gasteiger partial charge in [-0.1, -0.05) is 13.0 Å². The fourth-order valence-electron chi connectivity index (χ4n) is 6.00. The van der Waals surface area contributed by atoms with Crippen LogP contribution in [0, 0.1) is 23.7 Å². The summed E-state index contributed by atoms with van der Waals surface area (Å²) in [6, 6.07) is 2.04. The van der Waals surface area contributed by atoms with Crippen molar-refractivity contribution in [1.82, 2.24) is 4.90 Å². The molecule has 1 amide bonds. The van der Waals surface area contributed by atoms with E-state index in [0.717, 1.165) is 5.56 Å². The Morgan fingerprint density at radius 1 is 1.19 bits per heavy atom. The van der Waals surface area contributed by atoms with E-state index in [9.17, 15) is 34.2 Å². The van der Waals surface area contributed by atoms with E-state index in [1.165, 1.54) is 11.0 Å². The van der Waals surface area contributed by atoms with Gasteiger partial charge in [0.2, 0.25) is 5.91 Å². The Morgan fingerprint density at radius 3 is 2.41 bits per heavy atom. The predicted molar refractivity (Wildman–Crippen MR) is 111 cm³/mol. The Hall–Kier alpha value is -2.91. The second-order valence-electron chi connectivity index (χ2n) is 9.24. The van der Waals surface area contributed by atoms with Crippen molar-refractivity contribution in [2.45, 2.75) is 37.8 Å². The van der Waals surface area contributed by atoms with Crippen molar-refractivity contribution in [2.75, 3.05) is 14.1 Å². The van der Waals surface area contributed by atoms with Crippen molar-refractivity contribution >= 4 is 29.0 Å². The molecule has 170 valence electrons. The summed E-state index contributed by atoms with van der Waals surface area (Å²) >= 11 is 0. The predicted octanol–water partition coefficient (Wildman–Crippen LogP) is -0.571. The van der Waals surface area contributed by atoms with E-state index in [1.807, 2.05) is 6.92 Å². The highest BCUT2D eigenvalue weighted by Crippen LogP contribution is 2.50. The minimum atomic E-state index is -2.69. The van der Waals surface area contributed by atoms with Crippen LogP contribution in [0.1, 0.15) is 34.8 Å². The quantitative estimate of drug-likeness (QED) is 0.526. The van der Waals surface area contributed by atoms with E-state index in [1.54, 1.807) is 20.2 Å². The molecule has 1 aromatic carbocycles. The molecule has 4 rings (SSSR count). The zero-order valence-electron chi connectivity index (χ0n) is 18.1. The molecule has 0 saturated heterocycles. The molecule has 0 radical (unpaired) electrons. The number of Topliss-reactive ketones (excluding diaryl/α,β-unsaturated/α-hetero) is 4. The molecule has 3 aliphatic carbocycles. The lowest BCUT2D eigenvalue weighted by atomic mass is 9.52. The van der Waals surface area contributed by atoms with E-state index in [0.29, 0.717) is 18.4 Å². The zero-order valence-corrected chi connectivity index (χ0v) is 18.1. The number of likely N-dealkylation sites (N-methyl/N-ethyl adjacent to an activating group) is 1. The van der Waals surface area contributed by atoms with E-state index >= 15 is 0 Å². The number of nitrogens with zero attached hydrogens (tertiary/aromatic N) is 1. The SMILES string of the molecule is CCc1ccc(O)c2c1C[C@@H]1C[C@@H]3[C@@H](N(C)C)C(=O)C(C(N)=O)C(=O)[C@]3(O)C(=O)C1C2=O. The summed E-state index contributed by atoms with van der Waals surface area (Å²) in [6.45, 7) is 1.92. The fourth-order valence-corrected chi connectivity index (χ4v) is 6.00. The lowest BCUT2D eigenvalue weighted by Gasteiger charge is -2.52. The maximum atomic E-state index is 13.6. The third-order valence-electron chi connectivity index (χ3n) is 7.42. The molecule has 0 aliphatic heterocycles. The van der Waals surface area contributed by atoms with Crippen molar-refractivity contribution in [3.8, 4) is 5.75 Å². The van der Waals surface area contributed by atoms with Crippen LogP contribution in [-0.4, -0.2) is 69.9 Å². The number of rotatable bonds is 3. The summed E-state index contributed by atoms with van der Waals surface area (Å²) in [6.07, 6.45) is 0.971. The standard InChI is InChI=1S/C23H26N2O7/c1-4-9-5-6-13(26)15-11(9)7-10-8-12-17(25(2)3)19(28)16(22(24)31)21(30)23(12,32)20(29)14(10)18(15)27/h5-6,10,12,14,16-17,26,32H,4,7-8H2,1-3H3,(H2,24,31)/t10-,12-,14?,16?,17-,23-/m1/s1. The first kappa shape index (κ1) is 22.3. The summed E-state index contributed by atoms with van der Waals surface area (Å²) in [7, 11) is 3.11. The lowest BCUT2D eigenvalue weighted by Crippen LogP contribution is -2.74. The number of hydrogen-bond donors (Lipinski definition) is 3. The number of ketones is 4. The first-order valence-corrected chi connectivity index (χ1v) is 10.6. The van der Waals surface area contributed by atoms with Gasteiger partial charge in [0, 0.05) is 5.92 Å². The molecular weight excluding hydrogens is 416 g/mol. The molecule has 6 atom stereocenters. The largest absolute Gasteiger partial charge is 0.507 e. The normalized spacial score (nSPS) is 34.2. The Bertz CT molecular complexity index is 1080. The number of aryl methyl sites for hydroxylation is 1. The fraction of sp³-hybridized carbons (Fsp3) is 0.522. The monoisotopic (exact) mass is 442 g/mol. The van der Waals surface area contributed by atoms with Gasteiger partial charge in [0.1, 0.15) is 5.75 Å².